The number of hydrogen-bond donors (Lipinski definition) is 0. The van der Waals surface area contributed by atoms with E-state index in [0.717, 1.165) is 44.6 Å². The van der Waals surface area contributed by atoms with Crippen LogP contribution >= 0.6 is 11.3 Å². The molecule has 7 nitrogen and oxygen atoms in total. The maximum absolute atomic E-state index is 13.1. The predicted octanol–water partition coefficient (Wildman–Crippen LogP) is 3.14. The van der Waals surface area contributed by atoms with Gasteiger partial charge in [0.05, 0.1) is 28.8 Å². The Morgan fingerprint density at radius 1 is 1.10 bits per heavy atom. The summed E-state index contributed by atoms with van der Waals surface area (Å²) in [5, 5.41) is 0.946. The van der Waals surface area contributed by atoms with Crippen LogP contribution in [0.3, 0.4) is 0 Å². The van der Waals surface area contributed by atoms with Gasteiger partial charge in [0.2, 0.25) is 11.9 Å². The lowest BCUT2D eigenvalue weighted by atomic mass is 9.99. The van der Waals surface area contributed by atoms with Gasteiger partial charge in [-0.05, 0) is 24.3 Å². The third kappa shape index (κ3) is 2.45. The van der Waals surface area contributed by atoms with Gasteiger partial charge in [0.25, 0.3) is 0 Å². The Morgan fingerprint density at radius 2 is 1.97 bits per heavy atom. The number of aromatic nitrogens is 3. The second kappa shape index (κ2) is 6.18. The van der Waals surface area contributed by atoms with E-state index in [4.69, 9.17) is 14.7 Å². The van der Waals surface area contributed by atoms with Crippen molar-refractivity contribution in [1.82, 2.24) is 14.5 Å². The van der Waals surface area contributed by atoms with Crippen LogP contribution in [-0.4, -0.2) is 47.2 Å². The number of hydrogen-bond acceptors (Lipinski definition) is 6. The van der Waals surface area contributed by atoms with Crippen LogP contribution < -0.4 is 14.5 Å². The van der Waals surface area contributed by atoms with Crippen molar-refractivity contribution in [3.63, 3.8) is 0 Å². The first kappa shape index (κ1) is 16.8. The summed E-state index contributed by atoms with van der Waals surface area (Å²) in [6.07, 6.45) is 0. The van der Waals surface area contributed by atoms with Crippen molar-refractivity contribution < 1.29 is 9.53 Å². The monoisotopic (exact) mass is 405 g/mol. The minimum Gasteiger partial charge on any atom is -0.494 e. The summed E-state index contributed by atoms with van der Waals surface area (Å²) in [6.45, 7) is 2.88. The highest BCUT2D eigenvalue weighted by atomic mass is 32.1. The Labute approximate surface area is 171 Å². The molecule has 4 aromatic rings. The number of benzene rings is 2. The second-order valence-corrected chi connectivity index (χ2v) is 8.46. The molecule has 1 amide bonds. The second-order valence-electron chi connectivity index (χ2n) is 7.45. The van der Waals surface area contributed by atoms with Crippen LogP contribution in [0.15, 0.2) is 42.5 Å². The number of carbonyl (C=O) groups excluding carboxylic acids is 1. The number of anilines is 2. The summed E-state index contributed by atoms with van der Waals surface area (Å²) in [7, 11) is 1.66. The lowest BCUT2D eigenvalue weighted by Gasteiger charge is -2.39. The molecule has 0 spiro atoms. The lowest BCUT2D eigenvalue weighted by molar-refractivity contribution is -0.123. The number of thiazole rings is 1. The fraction of sp³-hybridized carbons (Fsp3) is 0.286. The van der Waals surface area contributed by atoms with Crippen LogP contribution in [0, 0.1) is 5.92 Å². The summed E-state index contributed by atoms with van der Waals surface area (Å²) in [6, 6.07) is 14.0. The van der Waals surface area contributed by atoms with Crippen molar-refractivity contribution >= 4 is 49.6 Å². The Kier molecular flexibility index (Phi) is 3.58. The van der Waals surface area contributed by atoms with Gasteiger partial charge in [-0.15, -0.1) is 0 Å². The number of nitrogens with zero attached hydrogens (tertiary/aromatic N) is 5. The first-order chi connectivity index (χ1) is 14.2. The highest BCUT2D eigenvalue weighted by Crippen LogP contribution is 2.37. The highest BCUT2D eigenvalue weighted by molar-refractivity contribution is 7.22. The molecule has 0 atom stereocenters. The zero-order valence-corrected chi connectivity index (χ0v) is 16.7. The van der Waals surface area contributed by atoms with Gasteiger partial charge in [-0.1, -0.05) is 29.5 Å². The van der Waals surface area contributed by atoms with Gasteiger partial charge in [0, 0.05) is 26.2 Å². The minimum absolute atomic E-state index is 0.0183. The Balaban J connectivity index is 1.21. The van der Waals surface area contributed by atoms with E-state index < -0.39 is 0 Å². The number of methoxy groups -OCH3 is 1. The topological polar surface area (TPSA) is 63.5 Å². The van der Waals surface area contributed by atoms with Crippen molar-refractivity contribution in [3.8, 4) is 5.75 Å². The summed E-state index contributed by atoms with van der Waals surface area (Å²) in [5.74, 6) is 1.71. The highest BCUT2D eigenvalue weighted by Gasteiger charge is 2.40. The summed E-state index contributed by atoms with van der Waals surface area (Å²) >= 11 is 1.64. The quantitative estimate of drug-likeness (QED) is 0.524. The van der Waals surface area contributed by atoms with Gasteiger partial charge in [-0.25, -0.2) is 9.97 Å². The molecule has 146 valence electrons. The maximum Gasteiger partial charge on any atom is 0.236 e. The molecule has 4 heterocycles. The molecule has 2 aliphatic rings. The lowest BCUT2D eigenvalue weighted by Crippen LogP contribution is -2.54. The molecule has 0 bridgehead atoms. The number of ether oxygens (including phenoxy) is 1. The fourth-order valence-corrected chi connectivity index (χ4v) is 5.22. The number of rotatable bonds is 3. The Hall–Kier alpha value is -3.13. The summed E-state index contributed by atoms with van der Waals surface area (Å²) in [4.78, 5) is 26.6. The normalized spacial score (nSPS) is 16.4. The third-order valence-corrected chi connectivity index (χ3v) is 6.86. The predicted molar refractivity (Wildman–Crippen MR) is 114 cm³/mol. The average Bonchev–Trinajstić information content (AvgIpc) is 3.39. The van der Waals surface area contributed by atoms with Crippen molar-refractivity contribution in [2.45, 2.75) is 6.54 Å². The molecule has 8 heteroatoms. The Morgan fingerprint density at radius 3 is 2.83 bits per heavy atom. The number of carbonyl (C=O) groups is 1. The molecular weight excluding hydrogens is 386 g/mol. The molecular formula is C21H19N5O2S. The molecule has 29 heavy (non-hydrogen) atoms. The SMILES string of the molecule is COc1cccc2sc(N3CC(C(=O)N4CCn5c4nc4ccccc45)C3)nc12. The van der Waals surface area contributed by atoms with Crippen LogP contribution in [0.2, 0.25) is 0 Å². The molecule has 0 aliphatic carbocycles. The van der Waals surface area contributed by atoms with Crippen molar-refractivity contribution in [2.24, 2.45) is 5.92 Å². The van der Waals surface area contributed by atoms with E-state index in [2.05, 4.69) is 21.6 Å². The molecule has 0 saturated carbocycles. The largest absolute Gasteiger partial charge is 0.494 e. The number of amides is 1. The molecule has 2 aromatic carbocycles. The molecule has 0 unspecified atom stereocenters. The molecule has 0 N–H and O–H groups in total. The zero-order valence-electron chi connectivity index (χ0n) is 15.9. The number of imidazole rings is 1. The maximum atomic E-state index is 13.1. The van der Waals surface area contributed by atoms with E-state index in [1.165, 1.54) is 0 Å². The van der Waals surface area contributed by atoms with Crippen LogP contribution in [0.25, 0.3) is 21.3 Å². The van der Waals surface area contributed by atoms with Gasteiger partial charge >= 0.3 is 0 Å². The molecule has 2 aromatic heterocycles. The van der Waals surface area contributed by atoms with Gasteiger partial charge < -0.3 is 14.2 Å². The van der Waals surface area contributed by atoms with E-state index >= 15 is 0 Å². The molecule has 2 aliphatic heterocycles. The van der Waals surface area contributed by atoms with Gasteiger partial charge in [-0.3, -0.25) is 9.69 Å². The van der Waals surface area contributed by atoms with Crippen LogP contribution in [0.5, 0.6) is 5.75 Å². The first-order valence-electron chi connectivity index (χ1n) is 9.68. The van der Waals surface area contributed by atoms with Crippen LogP contribution in [0.4, 0.5) is 11.1 Å². The smallest absolute Gasteiger partial charge is 0.236 e. The van der Waals surface area contributed by atoms with Gasteiger partial charge in [-0.2, -0.15) is 0 Å². The fourth-order valence-electron chi connectivity index (χ4n) is 4.22. The van der Waals surface area contributed by atoms with Crippen molar-refractivity contribution in [1.29, 1.82) is 0 Å². The van der Waals surface area contributed by atoms with Crippen molar-refractivity contribution in [2.75, 3.05) is 36.5 Å². The number of fused-ring (bicyclic) bond motifs is 4. The van der Waals surface area contributed by atoms with Gasteiger partial charge in [0.1, 0.15) is 11.3 Å². The van der Waals surface area contributed by atoms with E-state index in [1.807, 2.05) is 35.2 Å². The van der Waals surface area contributed by atoms with E-state index in [9.17, 15) is 4.79 Å². The first-order valence-corrected chi connectivity index (χ1v) is 10.5. The summed E-state index contributed by atoms with van der Waals surface area (Å²) < 4.78 is 8.65. The van der Waals surface area contributed by atoms with E-state index in [0.29, 0.717) is 19.6 Å². The molecule has 1 saturated heterocycles. The molecule has 6 rings (SSSR count). The molecule has 0 radical (unpaired) electrons. The van der Waals surface area contributed by atoms with Gasteiger partial charge in [0.15, 0.2) is 5.13 Å². The van der Waals surface area contributed by atoms with Crippen molar-refractivity contribution in [3.05, 3.63) is 42.5 Å². The summed E-state index contributed by atoms with van der Waals surface area (Å²) in [5.41, 5.74) is 2.92. The van der Waals surface area contributed by atoms with E-state index in [1.54, 1.807) is 18.4 Å². The third-order valence-electron chi connectivity index (χ3n) is 5.78. The number of para-hydroxylation sites is 3. The standard InChI is InChI=1S/C21H19N5O2S/c1-28-16-7-4-8-17-18(16)23-21(29-17)24-11-13(12-24)19(27)26-10-9-25-15-6-3-2-5-14(15)22-20(25)26/h2-8,13H,9-12H2,1H3. The minimum atomic E-state index is -0.0183. The zero-order chi connectivity index (χ0) is 19.5. The van der Waals surface area contributed by atoms with Crippen LogP contribution in [-0.2, 0) is 11.3 Å². The van der Waals surface area contributed by atoms with E-state index in [-0.39, 0.29) is 11.8 Å². The Bertz CT molecular complexity index is 1260. The average molecular weight is 405 g/mol. The molecule has 1 fully saturated rings. The van der Waals surface area contributed by atoms with Crippen LogP contribution in [0.1, 0.15) is 0 Å².